The molecule has 1 aromatic rings. The summed E-state index contributed by atoms with van der Waals surface area (Å²) in [5.41, 5.74) is 6.50. The first-order chi connectivity index (χ1) is 8.17. The fraction of sp³-hybridized carbons (Fsp3) is 0.636. The molecule has 1 aliphatic rings. The van der Waals surface area contributed by atoms with Crippen molar-refractivity contribution in [1.82, 2.24) is 14.9 Å². The van der Waals surface area contributed by atoms with Crippen molar-refractivity contribution in [1.29, 1.82) is 0 Å². The third kappa shape index (κ3) is 3.61. The van der Waals surface area contributed by atoms with Crippen molar-refractivity contribution < 1.29 is 4.74 Å². The van der Waals surface area contributed by atoms with Crippen LogP contribution < -0.4 is 5.73 Å². The molecular formula is C11H17ClN4O. The van der Waals surface area contributed by atoms with Gasteiger partial charge in [-0.15, -0.1) is 0 Å². The van der Waals surface area contributed by atoms with Gasteiger partial charge in [0.25, 0.3) is 0 Å². The first-order valence-corrected chi connectivity index (χ1v) is 6.09. The monoisotopic (exact) mass is 256 g/mol. The summed E-state index contributed by atoms with van der Waals surface area (Å²) in [6, 6.07) is 1.76. The minimum atomic E-state index is 0.115. The van der Waals surface area contributed by atoms with Crippen LogP contribution in [0.4, 0.5) is 0 Å². The molecule has 0 aromatic carbocycles. The Morgan fingerprint density at radius 1 is 1.59 bits per heavy atom. The fourth-order valence-corrected chi connectivity index (χ4v) is 2.18. The maximum atomic E-state index is 5.91. The first kappa shape index (κ1) is 12.7. The van der Waals surface area contributed by atoms with Gasteiger partial charge in [-0.3, -0.25) is 4.90 Å². The molecule has 2 rings (SSSR count). The number of hydrogen-bond donors (Lipinski definition) is 1. The standard InChI is InChI=1S/C11H17ClN4O/c1-8-4-10(12)15-11(14-8)7-16-2-3-17-9(5-13)6-16/h4,9H,2-3,5-7,13H2,1H3. The van der Waals surface area contributed by atoms with Crippen LogP contribution in [0, 0.1) is 6.92 Å². The van der Waals surface area contributed by atoms with Crippen LogP contribution >= 0.6 is 11.6 Å². The number of nitrogens with two attached hydrogens (primary N) is 1. The van der Waals surface area contributed by atoms with Crippen LogP contribution in [-0.2, 0) is 11.3 Å². The lowest BCUT2D eigenvalue weighted by molar-refractivity contribution is -0.0268. The maximum Gasteiger partial charge on any atom is 0.144 e. The third-order valence-electron chi connectivity index (χ3n) is 2.72. The SMILES string of the molecule is Cc1cc(Cl)nc(CN2CCOC(CN)C2)n1. The summed E-state index contributed by atoms with van der Waals surface area (Å²) in [5, 5.41) is 0.496. The van der Waals surface area contributed by atoms with Gasteiger partial charge in [-0.2, -0.15) is 0 Å². The summed E-state index contributed by atoms with van der Waals surface area (Å²) in [5.74, 6) is 0.757. The van der Waals surface area contributed by atoms with E-state index >= 15 is 0 Å². The largest absolute Gasteiger partial charge is 0.374 e. The van der Waals surface area contributed by atoms with E-state index in [1.165, 1.54) is 0 Å². The molecule has 17 heavy (non-hydrogen) atoms. The molecule has 0 saturated carbocycles. The van der Waals surface area contributed by atoms with Crippen LogP contribution in [0.1, 0.15) is 11.5 Å². The van der Waals surface area contributed by atoms with E-state index in [0.29, 0.717) is 24.8 Å². The van der Waals surface area contributed by atoms with E-state index in [1.54, 1.807) is 6.07 Å². The number of rotatable bonds is 3. The number of ether oxygens (including phenoxy) is 1. The molecule has 2 heterocycles. The Labute approximate surface area is 106 Å². The highest BCUT2D eigenvalue weighted by Crippen LogP contribution is 2.11. The number of aryl methyl sites for hydroxylation is 1. The summed E-state index contributed by atoms with van der Waals surface area (Å²) < 4.78 is 5.51. The van der Waals surface area contributed by atoms with E-state index in [-0.39, 0.29) is 6.10 Å². The molecule has 1 saturated heterocycles. The van der Waals surface area contributed by atoms with Crippen molar-refractivity contribution in [3.8, 4) is 0 Å². The van der Waals surface area contributed by atoms with Crippen molar-refractivity contribution in [3.05, 3.63) is 22.7 Å². The lowest BCUT2D eigenvalue weighted by Crippen LogP contribution is -2.45. The van der Waals surface area contributed by atoms with E-state index in [0.717, 1.165) is 24.6 Å². The topological polar surface area (TPSA) is 64.3 Å². The van der Waals surface area contributed by atoms with Gasteiger partial charge in [0.05, 0.1) is 19.3 Å². The fourth-order valence-electron chi connectivity index (χ4n) is 1.93. The summed E-state index contributed by atoms with van der Waals surface area (Å²) in [7, 11) is 0. The molecule has 0 amide bonds. The molecule has 1 unspecified atom stereocenters. The first-order valence-electron chi connectivity index (χ1n) is 5.71. The van der Waals surface area contributed by atoms with Crippen LogP contribution in [0.25, 0.3) is 0 Å². The predicted octanol–water partition coefficient (Wildman–Crippen LogP) is 0.598. The smallest absolute Gasteiger partial charge is 0.144 e. The molecule has 94 valence electrons. The number of hydrogen-bond acceptors (Lipinski definition) is 5. The average molecular weight is 257 g/mol. The van der Waals surface area contributed by atoms with Crippen molar-refractivity contribution in [2.45, 2.75) is 19.6 Å². The molecule has 1 atom stereocenters. The van der Waals surface area contributed by atoms with Crippen molar-refractivity contribution >= 4 is 11.6 Å². The van der Waals surface area contributed by atoms with Crippen molar-refractivity contribution in [3.63, 3.8) is 0 Å². The van der Waals surface area contributed by atoms with Crippen LogP contribution in [0.5, 0.6) is 0 Å². The van der Waals surface area contributed by atoms with Gasteiger partial charge < -0.3 is 10.5 Å². The van der Waals surface area contributed by atoms with Gasteiger partial charge >= 0.3 is 0 Å². The van der Waals surface area contributed by atoms with Gasteiger partial charge in [0, 0.05) is 25.3 Å². The van der Waals surface area contributed by atoms with E-state index < -0.39 is 0 Å². The third-order valence-corrected chi connectivity index (χ3v) is 2.91. The van der Waals surface area contributed by atoms with Crippen LogP contribution in [0.15, 0.2) is 6.07 Å². The van der Waals surface area contributed by atoms with Gasteiger partial charge in [-0.1, -0.05) is 11.6 Å². The molecule has 2 N–H and O–H groups in total. The zero-order chi connectivity index (χ0) is 12.3. The molecule has 0 bridgehead atoms. The average Bonchev–Trinajstić information content (AvgIpc) is 2.28. The van der Waals surface area contributed by atoms with Gasteiger partial charge in [-0.25, -0.2) is 9.97 Å². The number of halogens is 1. The highest BCUT2D eigenvalue weighted by molar-refractivity contribution is 6.29. The zero-order valence-corrected chi connectivity index (χ0v) is 10.7. The molecule has 0 radical (unpaired) electrons. The highest BCUT2D eigenvalue weighted by Gasteiger charge is 2.20. The molecule has 0 spiro atoms. The Bertz CT molecular complexity index is 367. The van der Waals surface area contributed by atoms with Gasteiger partial charge in [0.15, 0.2) is 0 Å². The lowest BCUT2D eigenvalue weighted by atomic mass is 10.2. The Morgan fingerprint density at radius 2 is 2.41 bits per heavy atom. The second-order valence-electron chi connectivity index (χ2n) is 4.21. The van der Waals surface area contributed by atoms with Crippen molar-refractivity contribution in [2.75, 3.05) is 26.2 Å². The Kier molecular flexibility index (Phi) is 4.28. The number of morpholine rings is 1. The molecule has 1 fully saturated rings. The number of nitrogens with zero attached hydrogens (tertiary/aromatic N) is 3. The summed E-state index contributed by atoms with van der Waals surface area (Å²) in [6.07, 6.45) is 0.115. The van der Waals surface area contributed by atoms with Gasteiger partial charge in [0.2, 0.25) is 0 Å². The predicted molar refractivity (Wildman–Crippen MR) is 65.9 cm³/mol. The molecule has 1 aliphatic heterocycles. The van der Waals surface area contributed by atoms with E-state index in [2.05, 4.69) is 14.9 Å². The van der Waals surface area contributed by atoms with E-state index in [4.69, 9.17) is 22.1 Å². The van der Waals surface area contributed by atoms with E-state index in [1.807, 2.05) is 6.92 Å². The Morgan fingerprint density at radius 3 is 3.12 bits per heavy atom. The van der Waals surface area contributed by atoms with Crippen LogP contribution in [-0.4, -0.2) is 47.2 Å². The zero-order valence-electron chi connectivity index (χ0n) is 9.90. The maximum absolute atomic E-state index is 5.91. The molecule has 1 aromatic heterocycles. The highest BCUT2D eigenvalue weighted by atomic mass is 35.5. The lowest BCUT2D eigenvalue weighted by Gasteiger charge is -2.31. The van der Waals surface area contributed by atoms with Crippen LogP contribution in [0.2, 0.25) is 5.15 Å². The van der Waals surface area contributed by atoms with Gasteiger partial charge in [0.1, 0.15) is 11.0 Å². The quantitative estimate of drug-likeness (QED) is 0.803. The molecule has 6 heteroatoms. The summed E-state index contributed by atoms with van der Waals surface area (Å²) in [4.78, 5) is 10.8. The number of aromatic nitrogens is 2. The summed E-state index contributed by atoms with van der Waals surface area (Å²) >= 11 is 5.91. The summed E-state index contributed by atoms with van der Waals surface area (Å²) in [6.45, 7) is 5.57. The Hall–Kier alpha value is -0.750. The van der Waals surface area contributed by atoms with Crippen molar-refractivity contribution in [2.24, 2.45) is 5.73 Å². The molecular weight excluding hydrogens is 240 g/mol. The minimum absolute atomic E-state index is 0.115. The molecule has 5 nitrogen and oxygen atoms in total. The van der Waals surface area contributed by atoms with Gasteiger partial charge in [-0.05, 0) is 13.0 Å². The second kappa shape index (κ2) is 5.73. The minimum Gasteiger partial charge on any atom is -0.374 e. The molecule has 0 aliphatic carbocycles. The van der Waals surface area contributed by atoms with Crippen LogP contribution in [0.3, 0.4) is 0 Å². The Balaban J connectivity index is 2.00. The normalized spacial score (nSPS) is 21.7. The second-order valence-corrected chi connectivity index (χ2v) is 4.60. The van der Waals surface area contributed by atoms with E-state index in [9.17, 15) is 0 Å².